The van der Waals surface area contributed by atoms with E-state index in [1.165, 1.54) is 4.88 Å². The van der Waals surface area contributed by atoms with Gasteiger partial charge in [0, 0.05) is 15.3 Å². The molecule has 1 N–H and O–H groups in total. The molecule has 2 amide bonds. The number of imide groups is 1. The fourth-order valence-corrected chi connectivity index (χ4v) is 2.17. The van der Waals surface area contributed by atoms with Gasteiger partial charge in [-0.15, -0.1) is 11.3 Å². The second kappa shape index (κ2) is 3.38. The van der Waals surface area contributed by atoms with E-state index in [1.54, 1.807) is 17.4 Å². The number of rotatable bonds is 1. The third-order valence-electron chi connectivity index (χ3n) is 1.97. The Morgan fingerprint density at radius 2 is 2.21 bits per heavy atom. The highest BCUT2D eigenvalue weighted by molar-refractivity contribution is 7.12. The number of carbonyl (C=O) groups excluding carboxylic acids is 2. The molecule has 4 heteroatoms. The van der Waals surface area contributed by atoms with Crippen molar-refractivity contribution < 1.29 is 9.59 Å². The van der Waals surface area contributed by atoms with Crippen LogP contribution in [0.15, 0.2) is 17.7 Å². The highest BCUT2D eigenvalue weighted by Crippen LogP contribution is 2.21. The third-order valence-corrected chi connectivity index (χ3v) is 2.92. The summed E-state index contributed by atoms with van der Waals surface area (Å²) in [7, 11) is 0. The summed E-state index contributed by atoms with van der Waals surface area (Å²) in [6.07, 6.45) is 1.98. The summed E-state index contributed by atoms with van der Waals surface area (Å²) in [4.78, 5) is 24.3. The van der Waals surface area contributed by atoms with Crippen LogP contribution in [0.1, 0.15) is 16.2 Å². The number of aryl methyl sites for hydroxylation is 1. The minimum atomic E-state index is -0.263. The van der Waals surface area contributed by atoms with Gasteiger partial charge in [-0.3, -0.25) is 14.9 Å². The molecule has 3 nitrogen and oxygen atoms in total. The Morgan fingerprint density at radius 3 is 2.71 bits per heavy atom. The molecule has 0 atom stereocenters. The van der Waals surface area contributed by atoms with Crippen molar-refractivity contribution in [2.45, 2.75) is 13.3 Å². The standard InChI is InChI=1S/C10H9NO2S/c1-6-2-3-8(14-6)4-7-5-9(12)11-10(7)13/h2-4H,5H2,1H3,(H,11,12,13). The molecule has 1 aliphatic heterocycles. The molecule has 2 rings (SSSR count). The average molecular weight is 207 g/mol. The van der Waals surface area contributed by atoms with Gasteiger partial charge in [0.2, 0.25) is 5.91 Å². The smallest absolute Gasteiger partial charge is 0.254 e. The zero-order valence-electron chi connectivity index (χ0n) is 7.66. The normalized spacial score (nSPS) is 19.1. The summed E-state index contributed by atoms with van der Waals surface area (Å²) in [5.74, 6) is -0.476. The zero-order valence-corrected chi connectivity index (χ0v) is 8.48. The molecule has 1 saturated heterocycles. The highest BCUT2D eigenvalue weighted by Gasteiger charge is 2.23. The van der Waals surface area contributed by atoms with E-state index >= 15 is 0 Å². The molecule has 0 spiro atoms. The van der Waals surface area contributed by atoms with Gasteiger partial charge in [-0.2, -0.15) is 0 Å². The Kier molecular flexibility index (Phi) is 2.21. The predicted octanol–water partition coefficient (Wildman–Crippen LogP) is 1.49. The van der Waals surface area contributed by atoms with Gasteiger partial charge in [0.05, 0.1) is 6.42 Å². The van der Waals surface area contributed by atoms with Crippen LogP contribution in [0.3, 0.4) is 0 Å². The average Bonchev–Trinajstić information content (AvgIpc) is 2.61. The maximum absolute atomic E-state index is 11.2. The number of amides is 2. The fourth-order valence-electron chi connectivity index (χ4n) is 1.32. The van der Waals surface area contributed by atoms with E-state index in [0.717, 1.165) is 4.88 Å². The second-order valence-electron chi connectivity index (χ2n) is 3.17. The summed E-state index contributed by atoms with van der Waals surface area (Å²) in [5.41, 5.74) is 0.553. The molecule has 1 fully saturated rings. The Balaban J connectivity index is 2.27. The van der Waals surface area contributed by atoms with Crippen molar-refractivity contribution in [2.24, 2.45) is 0 Å². The third kappa shape index (κ3) is 1.75. The minimum absolute atomic E-state index is 0.204. The maximum atomic E-state index is 11.2. The summed E-state index contributed by atoms with van der Waals surface area (Å²) < 4.78 is 0. The Morgan fingerprint density at radius 1 is 1.43 bits per heavy atom. The highest BCUT2D eigenvalue weighted by atomic mass is 32.1. The number of hydrogen-bond donors (Lipinski definition) is 1. The van der Waals surface area contributed by atoms with Gasteiger partial charge >= 0.3 is 0 Å². The molecule has 72 valence electrons. The minimum Gasteiger partial charge on any atom is -0.292 e. The Bertz CT molecular complexity index is 431. The van der Waals surface area contributed by atoms with Crippen molar-refractivity contribution in [3.05, 3.63) is 27.5 Å². The lowest BCUT2D eigenvalue weighted by Gasteiger charge is -1.89. The van der Waals surface area contributed by atoms with Gasteiger partial charge in [0.1, 0.15) is 0 Å². The van der Waals surface area contributed by atoms with Crippen LogP contribution in [0.4, 0.5) is 0 Å². The van der Waals surface area contributed by atoms with Crippen molar-refractivity contribution in [3.63, 3.8) is 0 Å². The van der Waals surface area contributed by atoms with E-state index in [1.807, 2.05) is 19.1 Å². The van der Waals surface area contributed by atoms with Crippen LogP contribution in [0.2, 0.25) is 0 Å². The van der Waals surface area contributed by atoms with E-state index in [4.69, 9.17) is 0 Å². The first-order valence-corrected chi connectivity index (χ1v) is 5.08. The molecule has 1 aromatic rings. The largest absolute Gasteiger partial charge is 0.292 e. The molecular formula is C10H9NO2S. The summed E-state index contributed by atoms with van der Waals surface area (Å²) in [5, 5.41) is 2.25. The van der Waals surface area contributed by atoms with Crippen LogP contribution >= 0.6 is 11.3 Å². The lowest BCUT2D eigenvalue weighted by atomic mass is 10.2. The quantitative estimate of drug-likeness (QED) is 0.560. The number of thiophene rings is 1. The Labute approximate surface area is 85.4 Å². The van der Waals surface area contributed by atoms with Crippen molar-refractivity contribution in [1.29, 1.82) is 0 Å². The number of carbonyl (C=O) groups is 2. The van der Waals surface area contributed by atoms with Crippen LogP contribution in [0.5, 0.6) is 0 Å². The summed E-state index contributed by atoms with van der Waals surface area (Å²) in [6, 6.07) is 3.94. The van der Waals surface area contributed by atoms with E-state index in [2.05, 4.69) is 5.32 Å². The monoisotopic (exact) mass is 207 g/mol. The second-order valence-corrected chi connectivity index (χ2v) is 4.49. The van der Waals surface area contributed by atoms with Crippen molar-refractivity contribution in [1.82, 2.24) is 5.32 Å². The fraction of sp³-hybridized carbons (Fsp3) is 0.200. The van der Waals surface area contributed by atoms with E-state index in [9.17, 15) is 9.59 Å². The molecule has 0 radical (unpaired) electrons. The first-order valence-electron chi connectivity index (χ1n) is 4.26. The number of hydrogen-bond acceptors (Lipinski definition) is 3. The molecule has 0 aliphatic carbocycles. The van der Waals surface area contributed by atoms with Gasteiger partial charge in [0.25, 0.3) is 5.91 Å². The first-order chi connectivity index (χ1) is 6.65. The van der Waals surface area contributed by atoms with Crippen LogP contribution in [0, 0.1) is 6.92 Å². The van der Waals surface area contributed by atoms with Crippen molar-refractivity contribution in [3.8, 4) is 0 Å². The van der Waals surface area contributed by atoms with E-state index in [0.29, 0.717) is 5.57 Å². The molecule has 14 heavy (non-hydrogen) atoms. The molecule has 0 saturated carbocycles. The molecule has 1 aliphatic rings. The topological polar surface area (TPSA) is 46.2 Å². The van der Waals surface area contributed by atoms with E-state index in [-0.39, 0.29) is 18.2 Å². The lowest BCUT2D eigenvalue weighted by molar-refractivity contribution is -0.124. The van der Waals surface area contributed by atoms with Gasteiger partial charge in [-0.05, 0) is 25.1 Å². The Hall–Kier alpha value is -1.42. The van der Waals surface area contributed by atoms with Crippen LogP contribution < -0.4 is 5.32 Å². The van der Waals surface area contributed by atoms with Gasteiger partial charge < -0.3 is 0 Å². The lowest BCUT2D eigenvalue weighted by Crippen LogP contribution is -2.19. The molecular weight excluding hydrogens is 198 g/mol. The first kappa shape index (κ1) is 9.15. The summed E-state index contributed by atoms with van der Waals surface area (Å²) in [6.45, 7) is 2.01. The molecule has 0 bridgehead atoms. The predicted molar refractivity (Wildman–Crippen MR) is 54.8 cm³/mol. The van der Waals surface area contributed by atoms with Crippen molar-refractivity contribution in [2.75, 3.05) is 0 Å². The maximum Gasteiger partial charge on any atom is 0.254 e. The van der Waals surface area contributed by atoms with Crippen LogP contribution in [-0.2, 0) is 9.59 Å². The van der Waals surface area contributed by atoms with Gasteiger partial charge in [-0.25, -0.2) is 0 Å². The number of nitrogens with one attached hydrogen (secondary N) is 1. The molecule has 1 aromatic heterocycles. The van der Waals surface area contributed by atoms with Crippen molar-refractivity contribution >= 4 is 29.2 Å². The van der Waals surface area contributed by atoms with Crippen LogP contribution in [-0.4, -0.2) is 11.8 Å². The molecule has 0 aromatic carbocycles. The van der Waals surface area contributed by atoms with Crippen LogP contribution in [0.25, 0.3) is 6.08 Å². The SMILES string of the molecule is Cc1ccc(C=C2CC(=O)NC2=O)s1. The van der Waals surface area contributed by atoms with E-state index < -0.39 is 0 Å². The summed E-state index contributed by atoms with van der Waals surface area (Å²) >= 11 is 1.61. The molecule has 2 heterocycles. The van der Waals surface area contributed by atoms with Gasteiger partial charge in [0.15, 0.2) is 0 Å². The van der Waals surface area contributed by atoms with Gasteiger partial charge in [-0.1, -0.05) is 0 Å². The molecule has 0 unspecified atom stereocenters. The zero-order chi connectivity index (χ0) is 10.1.